The molecule has 1 aromatic carbocycles. The number of hydrogen-bond donors (Lipinski definition) is 2. The normalized spacial score (nSPS) is 19.5. The van der Waals surface area contributed by atoms with Crippen molar-refractivity contribution in [2.45, 2.75) is 44.4 Å². The van der Waals surface area contributed by atoms with Crippen molar-refractivity contribution >= 4 is 11.7 Å². The van der Waals surface area contributed by atoms with E-state index in [4.69, 9.17) is 0 Å². The summed E-state index contributed by atoms with van der Waals surface area (Å²) in [6, 6.07) is 8.08. The van der Waals surface area contributed by atoms with Crippen LogP contribution < -0.4 is 10.6 Å². The van der Waals surface area contributed by atoms with Crippen LogP contribution in [-0.2, 0) is 0 Å². The van der Waals surface area contributed by atoms with Gasteiger partial charge in [-0.1, -0.05) is 43.7 Å². The van der Waals surface area contributed by atoms with E-state index >= 15 is 0 Å². The summed E-state index contributed by atoms with van der Waals surface area (Å²) in [5, 5.41) is 9.69. The lowest BCUT2D eigenvalue weighted by Gasteiger charge is -2.33. The van der Waals surface area contributed by atoms with Gasteiger partial charge in [0, 0.05) is 19.0 Å². The van der Waals surface area contributed by atoms with Crippen molar-refractivity contribution in [3.8, 4) is 0 Å². The van der Waals surface area contributed by atoms with Gasteiger partial charge in [-0.2, -0.15) is 18.3 Å². The van der Waals surface area contributed by atoms with Gasteiger partial charge in [0.05, 0.1) is 6.04 Å². The summed E-state index contributed by atoms with van der Waals surface area (Å²) in [5.41, 5.74) is 0.759. The van der Waals surface area contributed by atoms with Gasteiger partial charge < -0.3 is 10.6 Å². The maximum atomic E-state index is 13.6. The van der Waals surface area contributed by atoms with Crippen molar-refractivity contribution < 1.29 is 18.0 Å². The van der Waals surface area contributed by atoms with Crippen LogP contribution in [0.3, 0.4) is 0 Å². The van der Waals surface area contributed by atoms with Crippen LogP contribution in [0.4, 0.5) is 19.0 Å². The average molecular weight is 366 g/mol. The number of hydrogen-bond acceptors (Lipinski definition) is 3. The smallest absolute Gasteiger partial charge is 0.363 e. The molecule has 3 rings (SSSR count). The highest BCUT2D eigenvalue weighted by atomic mass is 19.4. The second-order valence-corrected chi connectivity index (χ2v) is 6.37. The molecule has 1 aromatic heterocycles. The van der Waals surface area contributed by atoms with Crippen molar-refractivity contribution in [2.24, 2.45) is 0 Å². The molecule has 5 nitrogen and oxygen atoms in total. The molecule has 0 saturated heterocycles. The Labute approximate surface area is 149 Å². The zero-order valence-corrected chi connectivity index (χ0v) is 14.4. The average Bonchev–Trinajstić information content (AvgIpc) is 3.05. The van der Waals surface area contributed by atoms with Crippen molar-refractivity contribution in [3.63, 3.8) is 0 Å². The second-order valence-electron chi connectivity index (χ2n) is 6.37. The number of carbonyl (C=O) groups excluding carboxylic acids is 1. The minimum absolute atomic E-state index is 0.00781. The molecule has 0 unspecified atom stereocenters. The van der Waals surface area contributed by atoms with E-state index in [1.807, 2.05) is 13.0 Å². The zero-order chi connectivity index (χ0) is 18.7. The SMILES string of the molecule is CCCCNC(=O)c1cc2n(n1)[C@H](C(F)(F)F)C[C@@H](c1ccccc1)N2. The van der Waals surface area contributed by atoms with E-state index in [0.717, 1.165) is 23.1 Å². The van der Waals surface area contributed by atoms with Crippen LogP contribution in [0, 0.1) is 0 Å². The van der Waals surface area contributed by atoms with E-state index in [1.165, 1.54) is 6.07 Å². The molecule has 0 radical (unpaired) electrons. The fourth-order valence-electron chi connectivity index (χ4n) is 3.06. The van der Waals surface area contributed by atoms with Gasteiger partial charge in [0.15, 0.2) is 11.7 Å². The number of rotatable bonds is 5. The predicted molar refractivity (Wildman–Crippen MR) is 92.0 cm³/mol. The Morgan fingerprint density at radius 3 is 2.73 bits per heavy atom. The minimum atomic E-state index is -4.45. The molecule has 1 amide bonds. The van der Waals surface area contributed by atoms with Crippen LogP contribution in [0.5, 0.6) is 0 Å². The van der Waals surface area contributed by atoms with Gasteiger partial charge in [0.1, 0.15) is 5.82 Å². The van der Waals surface area contributed by atoms with Crippen LogP contribution in [-0.4, -0.2) is 28.4 Å². The molecule has 0 fully saturated rings. The molecule has 0 spiro atoms. The summed E-state index contributed by atoms with van der Waals surface area (Å²) in [7, 11) is 0. The molecule has 140 valence electrons. The van der Waals surface area contributed by atoms with E-state index in [9.17, 15) is 18.0 Å². The van der Waals surface area contributed by atoms with Gasteiger partial charge in [-0.15, -0.1) is 0 Å². The van der Waals surface area contributed by atoms with E-state index in [2.05, 4.69) is 15.7 Å². The number of benzene rings is 1. The first kappa shape index (κ1) is 18.3. The van der Waals surface area contributed by atoms with Crippen LogP contribution in [0.15, 0.2) is 36.4 Å². The third-order valence-electron chi connectivity index (χ3n) is 4.44. The van der Waals surface area contributed by atoms with Gasteiger partial charge in [-0.05, 0) is 12.0 Å². The maximum absolute atomic E-state index is 13.6. The standard InChI is InChI=1S/C18H21F3N4O/c1-2-3-9-22-17(26)14-11-16-23-13(12-7-5-4-6-8-12)10-15(18(19,20)21)25(16)24-14/h4-8,11,13,15,23H,2-3,9-10H2,1H3,(H,22,26)/t13-,15-/m0/s1. The Bertz CT molecular complexity index is 758. The molecule has 8 heteroatoms. The van der Waals surface area contributed by atoms with Crippen LogP contribution in [0.2, 0.25) is 0 Å². The number of unbranched alkanes of at least 4 members (excludes halogenated alkanes) is 1. The first-order chi connectivity index (χ1) is 12.4. The molecule has 2 N–H and O–H groups in total. The molecule has 0 bridgehead atoms. The summed E-state index contributed by atoms with van der Waals surface area (Å²) in [6.45, 7) is 2.46. The van der Waals surface area contributed by atoms with Crippen molar-refractivity contribution in [1.82, 2.24) is 15.1 Å². The monoisotopic (exact) mass is 366 g/mol. The predicted octanol–water partition coefficient (Wildman–Crippen LogP) is 4.07. The Morgan fingerprint density at radius 2 is 2.08 bits per heavy atom. The fraction of sp³-hybridized carbons (Fsp3) is 0.444. The number of aromatic nitrogens is 2. The summed E-state index contributed by atoms with van der Waals surface area (Å²) in [5.74, 6) is -0.257. The van der Waals surface area contributed by atoms with Crippen molar-refractivity contribution in [3.05, 3.63) is 47.7 Å². The van der Waals surface area contributed by atoms with Gasteiger partial charge >= 0.3 is 6.18 Å². The van der Waals surface area contributed by atoms with Crippen molar-refractivity contribution in [1.29, 1.82) is 0 Å². The fourth-order valence-corrected chi connectivity index (χ4v) is 3.06. The number of fused-ring (bicyclic) bond motifs is 1. The van der Waals surface area contributed by atoms with Gasteiger partial charge in [0.25, 0.3) is 5.91 Å². The Hall–Kier alpha value is -2.51. The molecule has 1 aliphatic heterocycles. The Morgan fingerprint density at radius 1 is 1.35 bits per heavy atom. The third-order valence-corrected chi connectivity index (χ3v) is 4.44. The summed E-state index contributed by atoms with van der Waals surface area (Å²) in [4.78, 5) is 12.1. The summed E-state index contributed by atoms with van der Waals surface area (Å²) >= 11 is 0. The number of anilines is 1. The highest BCUT2D eigenvalue weighted by Gasteiger charge is 2.46. The lowest BCUT2D eigenvalue weighted by molar-refractivity contribution is -0.173. The number of halogens is 3. The molecule has 2 atom stereocenters. The number of carbonyl (C=O) groups is 1. The first-order valence-electron chi connectivity index (χ1n) is 8.66. The molecule has 1 aliphatic rings. The highest BCUT2D eigenvalue weighted by Crippen LogP contribution is 2.43. The summed E-state index contributed by atoms with van der Waals surface area (Å²) < 4.78 is 41.6. The van der Waals surface area contributed by atoms with E-state index in [-0.39, 0.29) is 17.9 Å². The largest absolute Gasteiger partial charge is 0.410 e. The van der Waals surface area contributed by atoms with Gasteiger partial charge in [-0.3, -0.25) is 4.79 Å². The Kier molecular flexibility index (Phi) is 5.20. The molecule has 2 heterocycles. The number of nitrogens with zero attached hydrogens (tertiary/aromatic N) is 2. The second kappa shape index (κ2) is 7.39. The van der Waals surface area contributed by atoms with E-state index in [1.54, 1.807) is 24.3 Å². The summed E-state index contributed by atoms with van der Waals surface area (Å²) in [6.07, 6.45) is -2.92. The minimum Gasteiger partial charge on any atom is -0.363 e. The van der Waals surface area contributed by atoms with Gasteiger partial charge in [0.2, 0.25) is 0 Å². The van der Waals surface area contributed by atoms with Crippen LogP contribution in [0.1, 0.15) is 54.3 Å². The van der Waals surface area contributed by atoms with Crippen LogP contribution >= 0.6 is 0 Å². The molecular formula is C18H21F3N4O. The first-order valence-corrected chi connectivity index (χ1v) is 8.66. The lowest BCUT2D eigenvalue weighted by atomic mass is 9.97. The van der Waals surface area contributed by atoms with Gasteiger partial charge in [-0.25, -0.2) is 4.68 Å². The molecule has 26 heavy (non-hydrogen) atoms. The van der Waals surface area contributed by atoms with E-state index < -0.39 is 24.2 Å². The maximum Gasteiger partial charge on any atom is 0.410 e. The van der Waals surface area contributed by atoms with E-state index in [0.29, 0.717) is 6.54 Å². The molecular weight excluding hydrogens is 345 g/mol. The third kappa shape index (κ3) is 3.84. The molecule has 2 aromatic rings. The number of nitrogens with one attached hydrogen (secondary N) is 2. The quantitative estimate of drug-likeness (QED) is 0.784. The Balaban J connectivity index is 1.88. The lowest BCUT2D eigenvalue weighted by Crippen LogP contribution is -2.35. The molecule has 0 aliphatic carbocycles. The topological polar surface area (TPSA) is 59.0 Å². The van der Waals surface area contributed by atoms with Crippen molar-refractivity contribution in [2.75, 3.05) is 11.9 Å². The number of amides is 1. The zero-order valence-electron chi connectivity index (χ0n) is 14.4. The molecule has 0 saturated carbocycles. The number of alkyl halides is 3. The van der Waals surface area contributed by atoms with Crippen LogP contribution in [0.25, 0.3) is 0 Å². The highest BCUT2D eigenvalue weighted by molar-refractivity contribution is 5.93.